The van der Waals surface area contributed by atoms with Crippen LogP contribution < -0.4 is 10.6 Å². The number of nitro benzene ring substituents is 1. The first kappa shape index (κ1) is 14.3. The topological polar surface area (TPSA) is 101 Å². The van der Waals surface area contributed by atoms with Crippen molar-refractivity contribution in [1.82, 2.24) is 10.6 Å². The van der Waals surface area contributed by atoms with E-state index in [1.165, 1.54) is 12.1 Å². The molecule has 2 amide bonds. The van der Waals surface area contributed by atoms with Gasteiger partial charge in [-0.05, 0) is 12.5 Å². The highest BCUT2D eigenvalue weighted by Crippen LogP contribution is 2.22. The molecule has 2 rings (SSSR count). The molecule has 0 aliphatic carbocycles. The lowest BCUT2D eigenvalue weighted by atomic mass is 10.1. The molecule has 1 unspecified atom stereocenters. The molecule has 0 spiro atoms. The van der Waals surface area contributed by atoms with E-state index in [4.69, 9.17) is 11.6 Å². The molecular weight excluding hydrogens is 286 g/mol. The number of hydrogen-bond donors (Lipinski definition) is 2. The molecule has 1 saturated heterocycles. The highest BCUT2D eigenvalue weighted by Gasteiger charge is 2.22. The number of carbonyl (C=O) groups is 2. The first-order valence-corrected chi connectivity index (χ1v) is 6.36. The third-order valence-electron chi connectivity index (χ3n) is 3.01. The third-order valence-corrected chi connectivity index (χ3v) is 3.34. The minimum Gasteiger partial charge on any atom is -0.354 e. The Labute approximate surface area is 119 Å². The van der Waals surface area contributed by atoms with Crippen LogP contribution in [-0.2, 0) is 4.79 Å². The van der Waals surface area contributed by atoms with E-state index in [1.807, 2.05) is 0 Å². The summed E-state index contributed by atoms with van der Waals surface area (Å²) in [6.07, 6.45) is 0.873. The van der Waals surface area contributed by atoms with Crippen molar-refractivity contribution < 1.29 is 14.5 Å². The largest absolute Gasteiger partial charge is 0.354 e. The second kappa shape index (κ2) is 5.87. The maximum Gasteiger partial charge on any atom is 0.270 e. The van der Waals surface area contributed by atoms with Crippen LogP contribution in [0.1, 0.15) is 23.2 Å². The highest BCUT2D eigenvalue weighted by molar-refractivity contribution is 6.33. The van der Waals surface area contributed by atoms with Crippen molar-refractivity contribution >= 4 is 29.1 Å². The van der Waals surface area contributed by atoms with Gasteiger partial charge in [-0.2, -0.15) is 0 Å². The van der Waals surface area contributed by atoms with Gasteiger partial charge in [-0.15, -0.1) is 0 Å². The van der Waals surface area contributed by atoms with E-state index >= 15 is 0 Å². The van der Waals surface area contributed by atoms with Gasteiger partial charge in [0.05, 0.1) is 15.5 Å². The number of piperidine rings is 1. The fourth-order valence-electron chi connectivity index (χ4n) is 1.92. The Balaban J connectivity index is 2.10. The van der Waals surface area contributed by atoms with Gasteiger partial charge < -0.3 is 10.6 Å². The van der Waals surface area contributed by atoms with Crippen molar-refractivity contribution in [2.24, 2.45) is 0 Å². The molecule has 1 heterocycles. The maximum absolute atomic E-state index is 12.1. The van der Waals surface area contributed by atoms with Crippen LogP contribution in [0, 0.1) is 10.1 Å². The third kappa shape index (κ3) is 3.24. The number of halogens is 1. The minimum atomic E-state index is -0.589. The summed E-state index contributed by atoms with van der Waals surface area (Å²) in [4.78, 5) is 33.2. The van der Waals surface area contributed by atoms with Crippen LogP contribution in [0.15, 0.2) is 18.2 Å². The molecule has 1 fully saturated rings. The lowest BCUT2D eigenvalue weighted by Gasteiger charge is -2.23. The Bertz CT molecular complexity index is 566. The number of rotatable bonds is 3. The second-order valence-corrected chi connectivity index (χ2v) is 4.84. The summed E-state index contributed by atoms with van der Waals surface area (Å²) >= 11 is 5.88. The summed E-state index contributed by atoms with van der Waals surface area (Å²) in [7, 11) is 0. The Morgan fingerprint density at radius 1 is 1.50 bits per heavy atom. The number of amides is 2. The molecule has 1 atom stereocenters. The normalized spacial score (nSPS) is 18.2. The molecule has 1 aliphatic rings. The van der Waals surface area contributed by atoms with Gasteiger partial charge in [0, 0.05) is 31.1 Å². The van der Waals surface area contributed by atoms with Crippen LogP contribution in [0.3, 0.4) is 0 Å². The molecule has 0 bridgehead atoms. The van der Waals surface area contributed by atoms with Gasteiger partial charge in [-0.3, -0.25) is 19.7 Å². The maximum atomic E-state index is 12.1. The fraction of sp³-hybridized carbons (Fsp3) is 0.333. The van der Waals surface area contributed by atoms with E-state index in [0.717, 1.165) is 6.07 Å². The van der Waals surface area contributed by atoms with Crippen LogP contribution in [0.25, 0.3) is 0 Å². The fourth-order valence-corrected chi connectivity index (χ4v) is 2.12. The van der Waals surface area contributed by atoms with E-state index < -0.39 is 10.8 Å². The zero-order valence-corrected chi connectivity index (χ0v) is 11.1. The summed E-state index contributed by atoms with van der Waals surface area (Å²) in [6, 6.07) is 3.49. The van der Waals surface area contributed by atoms with E-state index in [2.05, 4.69) is 10.6 Å². The van der Waals surface area contributed by atoms with Crippen LogP contribution in [0.4, 0.5) is 5.69 Å². The summed E-state index contributed by atoms with van der Waals surface area (Å²) in [5.74, 6) is -0.538. The summed E-state index contributed by atoms with van der Waals surface area (Å²) in [5, 5.41) is 16.2. The number of carbonyl (C=O) groups excluding carboxylic acids is 2. The van der Waals surface area contributed by atoms with E-state index in [1.54, 1.807) is 0 Å². The quantitative estimate of drug-likeness (QED) is 0.647. The van der Waals surface area contributed by atoms with E-state index in [9.17, 15) is 19.7 Å². The van der Waals surface area contributed by atoms with Crippen molar-refractivity contribution in [3.63, 3.8) is 0 Å². The van der Waals surface area contributed by atoms with Crippen molar-refractivity contribution in [2.75, 3.05) is 6.54 Å². The molecule has 2 N–H and O–H groups in total. The molecule has 1 aromatic rings. The lowest BCUT2D eigenvalue weighted by molar-refractivity contribution is -0.384. The van der Waals surface area contributed by atoms with Gasteiger partial charge in [-0.1, -0.05) is 11.6 Å². The Kier molecular flexibility index (Phi) is 4.19. The van der Waals surface area contributed by atoms with Gasteiger partial charge >= 0.3 is 0 Å². The van der Waals surface area contributed by atoms with Crippen LogP contribution >= 0.6 is 11.6 Å². The first-order chi connectivity index (χ1) is 9.47. The van der Waals surface area contributed by atoms with Gasteiger partial charge in [0.25, 0.3) is 11.6 Å². The molecule has 8 heteroatoms. The van der Waals surface area contributed by atoms with Crippen LogP contribution in [0.5, 0.6) is 0 Å². The summed E-state index contributed by atoms with van der Waals surface area (Å²) in [6.45, 7) is 0.344. The molecule has 7 nitrogen and oxygen atoms in total. The van der Waals surface area contributed by atoms with Crippen LogP contribution in [-0.4, -0.2) is 29.3 Å². The standard InChI is InChI=1S/C12H12ClN3O4/c13-10-3-2-8(16(19)20)5-9(10)12(18)15-7-1-4-11(17)14-6-7/h2-3,5,7H,1,4,6H2,(H,14,17)(H,15,18). The number of benzene rings is 1. The Morgan fingerprint density at radius 3 is 2.85 bits per heavy atom. The smallest absolute Gasteiger partial charge is 0.270 e. The van der Waals surface area contributed by atoms with Crippen molar-refractivity contribution in [3.05, 3.63) is 38.9 Å². The molecule has 20 heavy (non-hydrogen) atoms. The minimum absolute atomic E-state index is 0.0520. The van der Waals surface area contributed by atoms with Gasteiger partial charge in [0.1, 0.15) is 0 Å². The SMILES string of the molecule is O=C1CCC(NC(=O)c2cc([N+](=O)[O-])ccc2Cl)CN1. The lowest BCUT2D eigenvalue weighted by Crippen LogP contribution is -2.47. The number of non-ortho nitro benzene ring substituents is 1. The molecule has 0 saturated carbocycles. The first-order valence-electron chi connectivity index (χ1n) is 5.99. The summed E-state index contributed by atoms with van der Waals surface area (Å²) in [5.41, 5.74) is -0.144. The van der Waals surface area contributed by atoms with Gasteiger partial charge in [-0.25, -0.2) is 0 Å². The molecular formula is C12H12ClN3O4. The molecule has 1 aromatic carbocycles. The zero-order valence-electron chi connectivity index (χ0n) is 10.4. The average molecular weight is 298 g/mol. The number of nitrogens with zero attached hydrogens (tertiary/aromatic N) is 1. The van der Waals surface area contributed by atoms with Crippen LogP contribution in [0.2, 0.25) is 5.02 Å². The van der Waals surface area contributed by atoms with Crippen molar-refractivity contribution in [3.8, 4) is 0 Å². The highest BCUT2D eigenvalue weighted by atomic mass is 35.5. The number of nitro groups is 1. The molecule has 0 aromatic heterocycles. The zero-order chi connectivity index (χ0) is 14.7. The van der Waals surface area contributed by atoms with Gasteiger partial charge in [0.15, 0.2) is 0 Å². The number of nitrogens with one attached hydrogen (secondary N) is 2. The van der Waals surface area contributed by atoms with Crippen molar-refractivity contribution in [2.45, 2.75) is 18.9 Å². The predicted molar refractivity (Wildman–Crippen MR) is 71.6 cm³/mol. The Morgan fingerprint density at radius 2 is 2.25 bits per heavy atom. The average Bonchev–Trinajstić information content (AvgIpc) is 2.41. The van der Waals surface area contributed by atoms with E-state index in [0.29, 0.717) is 19.4 Å². The molecule has 0 radical (unpaired) electrons. The molecule has 1 aliphatic heterocycles. The monoisotopic (exact) mass is 297 g/mol. The number of hydrogen-bond acceptors (Lipinski definition) is 4. The summed E-state index contributed by atoms with van der Waals surface area (Å²) < 4.78 is 0. The van der Waals surface area contributed by atoms with Crippen molar-refractivity contribution in [1.29, 1.82) is 0 Å². The van der Waals surface area contributed by atoms with Gasteiger partial charge in [0.2, 0.25) is 5.91 Å². The Hall–Kier alpha value is -2.15. The second-order valence-electron chi connectivity index (χ2n) is 4.43. The van der Waals surface area contributed by atoms with E-state index in [-0.39, 0.29) is 28.2 Å². The molecule has 106 valence electrons. The predicted octanol–water partition coefficient (Wildman–Crippen LogP) is 1.26.